The lowest BCUT2D eigenvalue weighted by Crippen LogP contribution is -2.01. The van der Waals surface area contributed by atoms with E-state index < -0.39 is 0 Å². The zero-order chi connectivity index (χ0) is 24.3. The van der Waals surface area contributed by atoms with Gasteiger partial charge in [-0.05, 0) is 48.6 Å². The van der Waals surface area contributed by atoms with Gasteiger partial charge < -0.3 is 9.47 Å². The number of rotatable bonds is 20. The Morgan fingerprint density at radius 1 is 0.529 bits per heavy atom. The van der Waals surface area contributed by atoms with Crippen LogP contribution < -0.4 is 4.74 Å². The van der Waals surface area contributed by atoms with E-state index in [4.69, 9.17) is 9.47 Å². The Morgan fingerprint density at radius 3 is 1.50 bits per heavy atom. The molecule has 1 atom stereocenters. The molecule has 2 aromatic carbocycles. The van der Waals surface area contributed by atoms with E-state index in [1.54, 1.807) is 0 Å². The summed E-state index contributed by atoms with van der Waals surface area (Å²) in [6.07, 6.45) is 18.6. The molecule has 2 rings (SSSR count). The van der Waals surface area contributed by atoms with E-state index in [1.165, 1.54) is 100 Å². The van der Waals surface area contributed by atoms with Gasteiger partial charge in [-0.3, -0.25) is 0 Å². The fraction of sp³-hybridized carbons (Fsp3) is 0.625. The van der Waals surface area contributed by atoms with Gasteiger partial charge in [-0.25, -0.2) is 0 Å². The van der Waals surface area contributed by atoms with Crippen molar-refractivity contribution in [2.24, 2.45) is 0 Å². The van der Waals surface area contributed by atoms with Gasteiger partial charge in [0.25, 0.3) is 0 Å². The molecule has 0 spiro atoms. The Hall–Kier alpha value is -1.80. The molecular weight excluding hydrogens is 416 g/mol. The van der Waals surface area contributed by atoms with E-state index in [1.807, 2.05) is 0 Å². The summed E-state index contributed by atoms with van der Waals surface area (Å²) < 4.78 is 12.0. The second kappa shape index (κ2) is 18.5. The van der Waals surface area contributed by atoms with Crippen molar-refractivity contribution in [3.8, 4) is 16.9 Å². The molecule has 0 aromatic heterocycles. The number of unbranched alkanes of at least 4 members (excludes halogenated alkanes) is 12. The van der Waals surface area contributed by atoms with Crippen LogP contribution in [0.4, 0.5) is 0 Å². The van der Waals surface area contributed by atoms with Crippen LogP contribution in [-0.4, -0.2) is 13.2 Å². The molecule has 0 aliphatic heterocycles. The fourth-order valence-electron chi connectivity index (χ4n) is 4.35. The first-order valence-corrected chi connectivity index (χ1v) is 14.2. The molecule has 0 saturated carbocycles. The monoisotopic (exact) mass is 466 g/mol. The summed E-state index contributed by atoms with van der Waals surface area (Å²) in [6, 6.07) is 17.3. The van der Waals surface area contributed by atoms with Crippen molar-refractivity contribution in [1.29, 1.82) is 0 Å². The van der Waals surface area contributed by atoms with Crippen LogP contribution >= 0.6 is 0 Å². The number of benzene rings is 2. The molecule has 0 aliphatic carbocycles. The zero-order valence-electron chi connectivity index (χ0n) is 22.3. The maximum absolute atomic E-state index is 6.09. The predicted molar refractivity (Wildman–Crippen MR) is 148 cm³/mol. The summed E-state index contributed by atoms with van der Waals surface area (Å²) in [5, 5.41) is 0. The first-order chi connectivity index (χ1) is 16.7. The molecule has 0 heterocycles. The number of hydrogen-bond donors (Lipinski definition) is 0. The quantitative estimate of drug-likeness (QED) is 0.181. The Bertz CT molecular complexity index is 720. The molecule has 2 aromatic rings. The minimum absolute atomic E-state index is 0.149. The van der Waals surface area contributed by atoms with Gasteiger partial charge >= 0.3 is 0 Å². The molecular formula is C32H50O2. The van der Waals surface area contributed by atoms with Crippen LogP contribution in [0.25, 0.3) is 11.1 Å². The highest BCUT2D eigenvalue weighted by Gasteiger charge is 2.07. The van der Waals surface area contributed by atoms with E-state index in [-0.39, 0.29) is 6.10 Å². The molecule has 0 saturated heterocycles. The van der Waals surface area contributed by atoms with Crippen molar-refractivity contribution in [2.45, 2.75) is 117 Å². The van der Waals surface area contributed by atoms with Crippen molar-refractivity contribution >= 4 is 0 Å². The lowest BCUT2D eigenvalue weighted by atomic mass is 10.0. The third-order valence-electron chi connectivity index (χ3n) is 6.70. The Kier molecular flexibility index (Phi) is 15.5. The number of hydrogen-bond acceptors (Lipinski definition) is 2. The van der Waals surface area contributed by atoms with Crippen LogP contribution in [0.1, 0.15) is 122 Å². The van der Waals surface area contributed by atoms with E-state index in [0.717, 1.165) is 25.4 Å². The molecule has 2 heteroatoms. The van der Waals surface area contributed by atoms with Crippen LogP contribution in [0.2, 0.25) is 0 Å². The first kappa shape index (κ1) is 28.4. The summed E-state index contributed by atoms with van der Waals surface area (Å²) in [5.74, 6) is 0.969. The van der Waals surface area contributed by atoms with E-state index in [0.29, 0.717) is 0 Å². The average Bonchev–Trinajstić information content (AvgIpc) is 2.87. The third kappa shape index (κ3) is 12.1. The van der Waals surface area contributed by atoms with Gasteiger partial charge in [0.1, 0.15) is 5.75 Å². The SMILES string of the molecule is CCCCCCCCCCOC(C)c1ccc(-c2ccc(OCCCCCCCC)cc2)cc1. The smallest absolute Gasteiger partial charge is 0.119 e. The molecule has 1 unspecified atom stereocenters. The molecule has 0 bridgehead atoms. The Labute approximate surface area is 210 Å². The van der Waals surface area contributed by atoms with Crippen molar-refractivity contribution in [3.63, 3.8) is 0 Å². The predicted octanol–water partition coefficient (Wildman–Crippen LogP) is 10.3. The molecule has 0 radical (unpaired) electrons. The molecule has 0 fully saturated rings. The summed E-state index contributed by atoms with van der Waals surface area (Å²) >= 11 is 0. The van der Waals surface area contributed by atoms with Crippen molar-refractivity contribution in [1.82, 2.24) is 0 Å². The van der Waals surface area contributed by atoms with Crippen molar-refractivity contribution in [2.75, 3.05) is 13.2 Å². The normalized spacial score (nSPS) is 12.1. The van der Waals surface area contributed by atoms with Gasteiger partial charge in [0.05, 0.1) is 12.7 Å². The molecule has 34 heavy (non-hydrogen) atoms. The van der Waals surface area contributed by atoms with E-state index in [2.05, 4.69) is 69.3 Å². The molecule has 0 aliphatic rings. The van der Waals surface area contributed by atoms with Crippen molar-refractivity contribution in [3.05, 3.63) is 54.1 Å². The summed E-state index contributed by atoms with van der Waals surface area (Å²) in [6.45, 7) is 8.37. The van der Waals surface area contributed by atoms with Crippen LogP contribution in [0.15, 0.2) is 48.5 Å². The largest absolute Gasteiger partial charge is 0.494 e. The molecule has 0 amide bonds. The molecule has 2 nitrogen and oxygen atoms in total. The second-order valence-electron chi connectivity index (χ2n) is 9.75. The van der Waals surface area contributed by atoms with Gasteiger partial charge in [-0.1, -0.05) is 127 Å². The topological polar surface area (TPSA) is 18.5 Å². The highest BCUT2D eigenvalue weighted by atomic mass is 16.5. The highest BCUT2D eigenvalue weighted by molar-refractivity contribution is 5.64. The van der Waals surface area contributed by atoms with Gasteiger partial charge in [0.15, 0.2) is 0 Å². The Balaban J connectivity index is 1.64. The van der Waals surface area contributed by atoms with Crippen LogP contribution in [-0.2, 0) is 4.74 Å². The fourth-order valence-corrected chi connectivity index (χ4v) is 4.35. The van der Waals surface area contributed by atoms with Crippen LogP contribution in [0.5, 0.6) is 5.75 Å². The maximum atomic E-state index is 6.09. The lowest BCUT2D eigenvalue weighted by Gasteiger charge is -2.14. The van der Waals surface area contributed by atoms with Gasteiger partial charge in [-0.2, -0.15) is 0 Å². The molecule has 190 valence electrons. The summed E-state index contributed by atoms with van der Waals surface area (Å²) in [4.78, 5) is 0. The minimum Gasteiger partial charge on any atom is -0.494 e. The highest BCUT2D eigenvalue weighted by Crippen LogP contribution is 2.25. The van der Waals surface area contributed by atoms with Gasteiger partial charge in [-0.15, -0.1) is 0 Å². The first-order valence-electron chi connectivity index (χ1n) is 14.2. The second-order valence-corrected chi connectivity index (χ2v) is 9.75. The zero-order valence-corrected chi connectivity index (χ0v) is 22.3. The number of ether oxygens (including phenoxy) is 2. The van der Waals surface area contributed by atoms with Crippen LogP contribution in [0, 0.1) is 0 Å². The van der Waals surface area contributed by atoms with E-state index >= 15 is 0 Å². The molecule has 0 N–H and O–H groups in total. The Morgan fingerprint density at radius 2 is 0.971 bits per heavy atom. The third-order valence-corrected chi connectivity index (χ3v) is 6.70. The van der Waals surface area contributed by atoms with Gasteiger partial charge in [0, 0.05) is 6.61 Å². The van der Waals surface area contributed by atoms with E-state index in [9.17, 15) is 0 Å². The maximum Gasteiger partial charge on any atom is 0.119 e. The van der Waals surface area contributed by atoms with Gasteiger partial charge in [0.2, 0.25) is 0 Å². The van der Waals surface area contributed by atoms with Crippen molar-refractivity contribution < 1.29 is 9.47 Å². The summed E-state index contributed by atoms with van der Waals surface area (Å²) in [5.41, 5.74) is 3.72. The average molecular weight is 467 g/mol. The standard InChI is InChI=1S/C32H50O2/c1-4-6-8-10-12-13-15-16-26-33-28(3)29-18-20-30(21-19-29)31-22-24-32(25-23-31)34-27-17-14-11-9-7-5-2/h18-25,28H,4-17,26-27H2,1-3H3. The lowest BCUT2D eigenvalue weighted by molar-refractivity contribution is 0.0627. The minimum atomic E-state index is 0.149. The summed E-state index contributed by atoms with van der Waals surface area (Å²) in [7, 11) is 0. The van der Waals surface area contributed by atoms with Crippen LogP contribution in [0.3, 0.4) is 0 Å².